The van der Waals surface area contributed by atoms with E-state index >= 15 is 0 Å². The van der Waals surface area contributed by atoms with Gasteiger partial charge in [0.1, 0.15) is 0 Å². The number of nitrogens with zero attached hydrogens (tertiary/aromatic N) is 1. The summed E-state index contributed by atoms with van der Waals surface area (Å²) < 4.78 is 0. The van der Waals surface area contributed by atoms with Crippen molar-refractivity contribution in [3.05, 3.63) is 28.8 Å². The smallest absolute Gasteiger partial charge is 0.238 e. The Labute approximate surface area is 126 Å². The van der Waals surface area contributed by atoms with Gasteiger partial charge in [-0.2, -0.15) is 0 Å². The van der Waals surface area contributed by atoms with Gasteiger partial charge in [-0.15, -0.1) is 0 Å². The van der Waals surface area contributed by atoms with Gasteiger partial charge in [-0.25, -0.2) is 0 Å². The summed E-state index contributed by atoms with van der Waals surface area (Å²) in [7, 11) is 0. The zero-order valence-electron chi connectivity index (χ0n) is 12.4. The molecule has 0 saturated carbocycles. The van der Waals surface area contributed by atoms with Gasteiger partial charge in [0.2, 0.25) is 5.91 Å². The summed E-state index contributed by atoms with van der Waals surface area (Å²) in [5.74, 6) is 1.39. The SMILES string of the molecule is Cc1cc(Cl)ccc1NC(=O)CN1C[C@@H](C)C[C@H](C)C1. The average Bonchev–Trinajstić information content (AvgIpc) is 2.31. The number of rotatable bonds is 3. The summed E-state index contributed by atoms with van der Waals surface area (Å²) >= 11 is 5.92. The predicted molar refractivity (Wildman–Crippen MR) is 84.2 cm³/mol. The third-order valence-corrected chi connectivity index (χ3v) is 4.01. The summed E-state index contributed by atoms with van der Waals surface area (Å²) in [4.78, 5) is 14.4. The molecule has 1 fully saturated rings. The summed E-state index contributed by atoms with van der Waals surface area (Å²) in [5, 5.41) is 3.67. The molecule has 1 aromatic carbocycles. The third-order valence-electron chi connectivity index (χ3n) is 3.77. The van der Waals surface area contributed by atoms with Gasteiger partial charge in [-0.3, -0.25) is 9.69 Å². The maximum Gasteiger partial charge on any atom is 0.238 e. The number of nitrogens with one attached hydrogen (secondary N) is 1. The minimum Gasteiger partial charge on any atom is -0.325 e. The monoisotopic (exact) mass is 294 g/mol. The summed E-state index contributed by atoms with van der Waals surface area (Å²) in [6.07, 6.45) is 1.26. The summed E-state index contributed by atoms with van der Waals surface area (Å²) in [6.45, 7) is 8.95. The average molecular weight is 295 g/mol. The zero-order valence-corrected chi connectivity index (χ0v) is 13.2. The molecule has 1 heterocycles. The molecule has 1 aliphatic heterocycles. The van der Waals surface area contributed by atoms with Gasteiger partial charge >= 0.3 is 0 Å². The van der Waals surface area contributed by atoms with E-state index in [0.29, 0.717) is 23.4 Å². The number of benzene rings is 1. The van der Waals surface area contributed by atoms with Crippen LogP contribution in [-0.4, -0.2) is 30.4 Å². The highest BCUT2D eigenvalue weighted by molar-refractivity contribution is 6.30. The Morgan fingerprint density at radius 3 is 2.60 bits per heavy atom. The van der Waals surface area contributed by atoms with Crippen LogP contribution in [0, 0.1) is 18.8 Å². The van der Waals surface area contributed by atoms with Gasteiger partial charge in [0.05, 0.1) is 6.54 Å². The summed E-state index contributed by atoms with van der Waals surface area (Å²) in [5.41, 5.74) is 1.84. The van der Waals surface area contributed by atoms with Crippen molar-refractivity contribution in [1.29, 1.82) is 0 Å². The number of aryl methyl sites for hydroxylation is 1. The molecule has 0 bridgehead atoms. The number of carbonyl (C=O) groups is 1. The van der Waals surface area contributed by atoms with Gasteiger partial charge in [0, 0.05) is 23.8 Å². The number of halogens is 1. The van der Waals surface area contributed by atoms with Gasteiger partial charge in [0.25, 0.3) is 0 Å². The van der Waals surface area contributed by atoms with E-state index in [-0.39, 0.29) is 5.91 Å². The lowest BCUT2D eigenvalue weighted by molar-refractivity contribution is -0.117. The van der Waals surface area contributed by atoms with Gasteiger partial charge in [0.15, 0.2) is 0 Å². The second kappa shape index (κ2) is 6.59. The van der Waals surface area contributed by atoms with Gasteiger partial charge in [-0.1, -0.05) is 25.4 Å². The molecule has 1 aromatic rings. The van der Waals surface area contributed by atoms with Crippen LogP contribution in [0.2, 0.25) is 5.02 Å². The lowest BCUT2D eigenvalue weighted by atomic mass is 9.92. The molecule has 0 unspecified atom stereocenters. The van der Waals surface area contributed by atoms with Crippen LogP contribution in [-0.2, 0) is 4.79 Å². The maximum absolute atomic E-state index is 12.1. The first-order valence-corrected chi connectivity index (χ1v) is 7.60. The molecular weight excluding hydrogens is 272 g/mol. The fourth-order valence-electron chi connectivity index (χ4n) is 3.08. The quantitative estimate of drug-likeness (QED) is 0.924. The van der Waals surface area contributed by atoms with Crippen molar-refractivity contribution >= 4 is 23.2 Å². The molecule has 0 radical (unpaired) electrons. The number of carbonyl (C=O) groups excluding carboxylic acids is 1. The number of piperidine rings is 1. The first kappa shape index (κ1) is 15.3. The lowest BCUT2D eigenvalue weighted by Gasteiger charge is -2.34. The van der Waals surface area contributed by atoms with Crippen LogP contribution in [0.15, 0.2) is 18.2 Å². The van der Waals surface area contributed by atoms with Crippen LogP contribution >= 0.6 is 11.6 Å². The van der Waals surface area contributed by atoms with Crippen molar-refractivity contribution in [1.82, 2.24) is 4.90 Å². The van der Waals surface area contributed by atoms with Crippen LogP contribution in [0.3, 0.4) is 0 Å². The first-order valence-electron chi connectivity index (χ1n) is 7.22. The van der Waals surface area contributed by atoms with E-state index in [4.69, 9.17) is 11.6 Å². The van der Waals surface area contributed by atoms with Crippen molar-refractivity contribution in [2.24, 2.45) is 11.8 Å². The Morgan fingerprint density at radius 2 is 2.00 bits per heavy atom. The fourth-order valence-corrected chi connectivity index (χ4v) is 3.31. The molecule has 20 heavy (non-hydrogen) atoms. The van der Waals surface area contributed by atoms with E-state index in [1.807, 2.05) is 19.1 Å². The van der Waals surface area contributed by atoms with Crippen LogP contribution < -0.4 is 5.32 Å². The topological polar surface area (TPSA) is 32.3 Å². The number of amides is 1. The first-order chi connectivity index (χ1) is 9.44. The van der Waals surface area contributed by atoms with E-state index < -0.39 is 0 Å². The highest BCUT2D eigenvalue weighted by Crippen LogP contribution is 2.22. The van der Waals surface area contributed by atoms with E-state index in [1.54, 1.807) is 6.07 Å². The molecule has 3 nitrogen and oxygen atoms in total. The Bertz CT molecular complexity index is 479. The largest absolute Gasteiger partial charge is 0.325 e. The lowest BCUT2D eigenvalue weighted by Crippen LogP contribution is -2.42. The van der Waals surface area contributed by atoms with Crippen molar-refractivity contribution in [2.75, 3.05) is 25.0 Å². The predicted octanol–water partition coefficient (Wildman–Crippen LogP) is 3.56. The fraction of sp³-hybridized carbons (Fsp3) is 0.562. The Morgan fingerprint density at radius 1 is 1.35 bits per heavy atom. The van der Waals surface area contributed by atoms with E-state index in [2.05, 4.69) is 24.1 Å². The number of hydrogen-bond donors (Lipinski definition) is 1. The van der Waals surface area contributed by atoms with Gasteiger partial charge < -0.3 is 5.32 Å². The normalized spacial score (nSPS) is 23.6. The molecule has 2 rings (SSSR count). The standard InChI is InChI=1S/C16H23ClN2O/c1-11-6-12(2)9-19(8-11)10-16(20)18-15-5-4-14(17)7-13(15)3/h4-5,7,11-12H,6,8-10H2,1-3H3,(H,18,20)/t11-,12-/m0/s1. The minimum absolute atomic E-state index is 0.0525. The Kier molecular flexibility index (Phi) is 5.06. The molecule has 1 amide bonds. The van der Waals surface area contributed by atoms with Crippen LogP contribution in [0.25, 0.3) is 0 Å². The molecule has 4 heteroatoms. The maximum atomic E-state index is 12.1. The Hall–Kier alpha value is -1.06. The Balaban J connectivity index is 1.92. The molecule has 1 N–H and O–H groups in total. The number of likely N-dealkylation sites (tertiary alicyclic amines) is 1. The number of anilines is 1. The minimum atomic E-state index is 0.0525. The molecule has 2 atom stereocenters. The van der Waals surface area contributed by atoms with E-state index in [9.17, 15) is 4.79 Å². The van der Waals surface area contributed by atoms with Crippen molar-refractivity contribution in [2.45, 2.75) is 27.2 Å². The third kappa shape index (κ3) is 4.22. The van der Waals surface area contributed by atoms with E-state index in [0.717, 1.165) is 24.3 Å². The second-order valence-corrected chi connectivity index (χ2v) is 6.58. The highest BCUT2D eigenvalue weighted by atomic mass is 35.5. The van der Waals surface area contributed by atoms with Crippen molar-refractivity contribution < 1.29 is 4.79 Å². The second-order valence-electron chi connectivity index (χ2n) is 6.15. The van der Waals surface area contributed by atoms with Crippen LogP contribution in [0.4, 0.5) is 5.69 Å². The van der Waals surface area contributed by atoms with Crippen molar-refractivity contribution in [3.8, 4) is 0 Å². The molecule has 1 saturated heterocycles. The van der Waals surface area contributed by atoms with Crippen molar-refractivity contribution in [3.63, 3.8) is 0 Å². The molecular formula is C16H23ClN2O. The zero-order chi connectivity index (χ0) is 14.7. The molecule has 0 aromatic heterocycles. The molecule has 0 spiro atoms. The molecule has 1 aliphatic rings. The highest BCUT2D eigenvalue weighted by Gasteiger charge is 2.23. The summed E-state index contributed by atoms with van der Waals surface area (Å²) in [6, 6.07) is 5.52. The van der Waals surface area contributed by atoms with Gasteiger partial charge in [-0.05, 0) is 48.9 Å². The molecule has 0 aliphatic carbocycles. The molecule has 110 valence electrons. The van der Waals surface area contributed by atoms with Crippen LogP contribution in [0.1, 0.15) is 25.8 Å². The van der Waals surface area contributed by atoms with E-state index in [1.165, 1.54) is 6.42 Å². The number of hydrogen-bond acceptors (Lipinski definition) is 2. The van der Waals surface area contributed by atoms with Crippen LogP contribution in [0.5, 0.6) is 0 Å².